The lowest BCUT2D eigenvalue weighted by Gasteiger charge is -2.03. The molecule has 0 aliphatic rings. The number of alkyl halides is 3. The van der Waals surface area contributed by atoms with Crippen molar-refractivity contribution in [1.82, 2.24) is 0 Å². The molecule has 12 heavy (non-hydrogen) atoms. The second-order valence-corrected chi connectivity index (χ2v) is 1.59. The highest BCUT2D eigenvalue weighted by Crippen LogP contribution is 2.26. The van der Waals surface area contributed by atoms with Crippen molar-refractivity contribution >= 4 is 5.97 Å². The Morgan fingerprint density at radius 1 is 1.25 bits per heavy atom. The van der Waals surface area contributed by atoms with Crippen LogP contribution in [0.1, 0.15) is 0 Å². The van der Waals surface area contributed by atoms with Crippen LogP contribution < -0.4 is 0 Å². The minimum absolute atomic E-state index is 1.51. The molecule has 0 aromatic heterocycles. The van der Waals surface area contributed by atoms with Crippen LogP contribution in [0, 0.1) is 4.91 Å². The summed E-state index contributed by atoms with van der Waals surface area (Å²) in [6.07, 6.45) is -5.28. The maximum atomic E-state index is 11.5. The second kappa shape index (κ2) is 3.20. The van der Waals surface area contributed by atoms with Crippen molar-refractivity contribution in [2.24, 2.45) is 5.18 Å². The van der Waals surface area contributed by atoms with Crippen molar-refractivity contribution < 1.29 is 28.2 Å². The molecule has 0 aliphatic carbocycles. The smallest absolute Gasteiger partial charge is 0.451 e. The molecule has 0 radical (unpaired) electrons. The van der Waals surface area contributed by atoms with E-state index < -0.39 is 23.6 Å². The molecule has 0 aromatic rings. The Hall–Kier alpha value is -1.60. The topological polar surface area (TPSA) is 87.0 Å². The van der Waals surface area contributed by atoms with E-state index in [9.17, 15) is 22.9 Å². The van der Waals surface area contributed by atoms with E-state index in [4.69, 9.17) is 10.2 Å². The average Bonchev–Trinajstić information content (AvgIpc) is 1.86. The largest absolute Gasteiger partial charge is 0.502 e. The molecule has 8 heteroatoms. The molecule has 0 rings (SSSR count). The number of hydrogen-bond acceptors (Lipinski definition) is 4. The number of nitrogens with zero attached hydrogens (tertiary/aromatic N) is 1. The summed E-state index contributed by atoms with van der Waals surface area (Å²) in [4.78, 5) is 19.3. The van der Waals surface area contributed by atoms with Crippen LogP contribution in [0.25, 0.3) is 0 Å². The molecule has 2 N–H and O–H groups in total. The number of carboxylic acid groups (broad SMARTS) is 1. The first kappa shape index (κ1) is 10.4. The summed E-state index contributed by atoms with van der Waals surface area (Å²) in [7, 11) is 0. The number of aliphatic hydroxyl groups is 1. The van der Waals surface area contributed by atoms with E-state index in [-0.39, 0.29) is 0 Å². The van der Waals surface area contributed by atoms with E-state index in [0.717, 1.165) is 0 Å². The standard InChI is InChI=1S/C4H2F3NO4/c5-4(6,7)2(9)1(8-12)3(10)11/h9H,(H,10,11). The molecule has 0 aromatic carbocycles. The SMILES string of the molecule is O=NC(C(=O)O)=C(O)C(F)(F)F. The van der Waals surface area contributed by atoms with Gasteiger partial charge in [-0.2, -0.15) is 13.2 Å². The van der Waals surface area contributed by atoms with Crippen molar-refractivity contribution in [1.29, 1.82) is 0 Å². The molecule has 0 saturated heterocycles. The zero-order valence-electron chi connectivity index (χ0n) is 5.29. The second-order valence-electron chi connectivity index (χ2n) is 1.59. The summed E-state index contributed by atoms with van der Waals surface area (Å²) < 4.78 is 34.4. The molecule has 0 amide bonds. The fourth-order valence-corrected chi connectivity index (χ4v) is 0.318. The normalized spacial score (nSPS) is 13.6. The maximum Gasteiger partial charge on any atom is 0.451 e. The molecule has 0 unspecified atom stereocenters. The highest BCUT2D eigenvalue weighted by molar-refractivity contribution is 5.86. The molecular formula is C4H2F3NO4. The van der Waals surface area contributed by atoms with Gasteiger partial charge in [-0.25, -0.2) is 4.79 Å². The van der Waals surface area contributed by atoms with Gasteiger partial charge in [-0.3, -0.25) is 0 Å². The van der Waals surface area contributed by atoms with Crippen LogP contribution in [0.2, 0.25) is 0 Å². The van der Waals surface area contributed by atoms with Crippen molar-refractivity contribution in [3.05, 3.63) is 16.4 Å². The fourth-order valence-electron chi connectivity index (χ4n) is 0.318. The van der Waals surface area contributed by atoms with Crippen LogP contribution in [0.3, 0.4) is 0 Å². The minimum atomic E-state index is -5.28. The van der Waals surface area contributed by atoms with Crippen LogP contribution in [-0.2, 0) is 4.79 Å². The van der Waals surface area contributed by atoms with E-state index in [0.29, 0.717) is 0 Å². The quantitative estimate of drug-likeness (QED) is 0.384. The zero-order chi connectivity index (χ0) is 9.94. The Bertz CT molecular complexity index is 243. The Kier molecular flexibility index (Phi) is 2.77. The van der Waals surface area contributed by atoms with Gasteiger partial charge in [0.2, 0.25) is 11.5 Å². The van der Waals surface area contributed by atoms with Crippen LogP contribution in [-0.4, -0.2) is 22.4 Å². The van der Waals surface area contributed by atoms with Crippen LogP contribution in [0.5, 0.6) is 0 Å². The van der Waals surface area contributed by atoms with Gasteiger partial charge in [0.15, 0.2) is 0 Å². The lowest BCUT2D eigenvalue weighted by Crippen LogP contribution is -2.16. The highest BCUT2D eigenvalue weighted by atomic mass is 19.4. The van der Waals surface area contributed by atoms with Crippen LogP contribution >= 0.6 is 0 Å². The molecule has 0 bridgehead atoms. The summed E-state index contributed by atoms with van der Waals surface area (Å²) in [5.41, 5.74) is -1.96. The van der Waals surface area contributed by atoms with Gasteiger partial charge in [0.25, 0.3) is 0 Å². The Morgan fingerprint density at radius 3 is 1.75 bits per heavy atom. The number of carbonyl (C=O) groups is 1. The third-order valence-electron chi connectivity index (χ3n) is 0.787. The van der Waals surface area contributed by atoms with E-state index in [1.165, 1.54) is 5.18 Å². The lowest BCUT2D eigenvalue weighted by molar-refractivity contribution is -0.138. The summed E-state index contributed by atoms with van der Waals surface area (Å²) in [6.45, 7) is 0. The minimum Gasteiger partial charge on any atom is -0.502 e. The maximum absolute atomic E-state index is 11.5. The Labute approximate surface area is 63.1 Å². The summed E-state index contributed by atoms with van der Waals surface area (Å²) in [6, 6.07) is 0. The molecule has 5 nitrogen and oxygen atoms in total. The number of carboxylic acids is 1. The number of allylic oxidation sites excluding steroid dienone is 1. The zero-order valence-corrected chi connectivity index (χ0v) is 5.29. The third-order valence-corrected chi connectivity index (χ3v) is 0.787. The first-order valence-corrected chi connectivity index (χ1v) is 2.37. The van der Waals surface area contributed by atoms with Gasteiger partial charge in [0.1, 0.15) is 0 Å². The summed E-state index contributed by atoms with van der Waals surface area (Å²) in [5.74, 6) is -4.75. The number of halogens is 3. The number of nitroso groups, excluding NO2 is 1. The van der Waals surface area contributed by atoms with Gasteiger partial charge < -0.3 is 10.2 Å². The number of rotatable bonds is 2. The molecule has 0 atom stereocenters. The Morgan fingerprint density at radius 2 is 1.67 bits per heavy atom. The van der Waals surface area contributed by atoms with Crippen LogP contribution in [0.15, 0.2) is 16.6 Å². The third kappa shape index (κ3) is 2.22. The van der Waals surface area contributed by atoms with Gasteiger partial charge in [-0.05, 0) is 5.18 Å². The number of aliphatic hydroxyl groups excluding tert-OH is 1. The predicted molar refractivity (Wildman–Crippen MR) is 29.1 cm³/mol. The van der Waals surface area contributed by atoms with E-state index in [2.05, 4.69) is 0 Å². The molecular weight excluding hydrogens is 183 g/mol. The lowest BCUT2D eigenvalue weighted by atomic mass is 10.3. The molecule has 0 fully saturated rings. The fraction of sp³-hybridized carbons (Fsp3) is 0.250. The first-order chi connectivity index (χ1) is 5.30. The molecule has 0 heterocycles. The molecule has 68 valence electrons. The summed E-state index contributed by atoms with van der Waals surface area (Å²) in [5, 5.41) is 17.5. The van der Waals surface area contributed by atoms with E-state index >= 15 is 0 Å². The Balaban J connectivity index is 5.12. The van der Waals surface area contributed by atoms with E-state index in [1.807, 2.05) is 0 Å². The first-order valence-electron chi connectivity index (χ1n) is 2.37. The van der Waals surface area contributed by atoms with Crippen molar-refractivity contribution in [3.8, 4) is 0 Å². The monoisotopic (exact) mass is 185 g/mol. The van der Waals surface area contributed by atoms with Crippen molar-refractivity contribution in [3.63, 3.8) is 0 Å². The number of aliphatic carboxylic acids is 1. The summed E-state index contributed by atoms with van der Waals surface area (Å²) >= 11 is 0. The van der Waals surface area contributed by atoms with Gasteiger partial charge in [-0.1, -0.05) is 0 Å². The van der Waals surface area contributed by atoms with Gasteiger partial charge >= 0.3 is 12.1 Å². The predicted octanol–water partition coefficient (Wildman–Crippen LogP) is 1.17. The highest BCUT2D eigenvalue weighted by Gasteiger charge is 2.39. The molecule has 0 saturated carbocycles. The van der Waals surface area contributed by atoms with Crippen molar-refractivity contribution in [2.45, 2.75) is 6.18 Å². The van der Waals surface area contributed by atoms with Gasteiger partial charge in [0.05, 0.1) is 0 Å². The average molecular weight is 185 g/mol. The van der Waals surface area contributed by atoms with E-state index in [1.54, 1.807) is 0 Å². The molecule has 0 spiro atoms. The van der Waals surface area contributed by atoms with Crippen molar-refractivity contribution in [2.75, 3.05) is 0 Å². The molecule has 0 aliphatic heterocycles. The van der Waals surface area contributed by atoms with Gasteiger partial charge in [-0.15, -0.1) is 4.91 Å². The van der Waals surface area contributed by atoms with Gasteiger partial charge in [0, 0.05) is 0 Å². The van der Waals surface area contributed by atoms with Crippen LogP contribution in [0.4, 0.5) is 13.2 Å². The number of hydrogen-bond donors (Lipinski definition) is 2.